The van der Waals surface area contributed by atoms with Crippen LogP contribution in [0.1, 0.15) is 36.3 Å². The molecule has 0 saturated heterocycles. The molecule has 126 valence electrons. The summed E-state index contributed by atoms with van der Waals surface area (Å²) in [5, 5.41) is 11.0. The molecule has 2 aromatic rings. The SMILES string of the molecule is CCC(C)C1C(=O)Nc2ccccc2CN1C(=O)c1cnn(C)n1. The van der Waals surface area contributed by atoms with E-state index in [1.54, 1.807) is 11.9 Å². The first-order chi connectivity index (χ1) is 11.5. The Morgan fingerprint density at radius 1 is 1.42 bits per heavy atom. The van der Waals surface area contributed by atoms with Crippen LogP contribution >= 0.6 is 0 Å². The Hall–Kier alpha value is -2.70. The van der Waals surface area contributed by atoms with Crippen LogP contribution in [-0.2, 0) is 18.4 Å². The Bertz CT molecular complexity index is 770. The molecule has 0 spiro atoms. The number of aromatic nitrogens is 3. The van der Waals surface area contributed by atoms with E-state index in [1.165, 1.54) is 11.0 Å². The molecule has 1 N–H and O–H groups in total. The van der Waals surface area contributed by atoms with E-state index >= 15 is 0 Å². The second-order valence-corrected chi connectivity index (χ2v) is 6.13. The van der Waals surface area contributed by atoms with Crippen LogP contribution in [0.25, 0.3) is 0 Å². The fourth-order valence-electron chi connectivity index (χ4n) is 2.99. The van der Waals surface area contributed by atoms with E-state index in [9.17, 15) is 9.59 Å². The number of hydrogen-bond donors (Lipinski definition) is 1. The minimum Gasteiger partial charge on any atom is -0.324 e. The van der Waals surface area contributed by atoms with Crippen molar-refractivity contribution >= 4 is 17.5 Å². The topological polar surface area (TPSA) is 80.1 Å². The number of amides is 2. The molecule has 0 bridgehead atoms. The molecule has 2 atom stereocenters. The van der Waals surface area contributed by atoms with Crippen molar-refractivity contribution in [3.8, 4) is 0 Å². The zero-order valence-electron chi connectivity index (χ0n) is 14.1. The first kappa shape index (κ1) is 16.2. The zero-order valence-corrected chi connectivity index (χ0v) is 14.1. The van der Waals surface area contributed by atoms with Gasteiger partial charge in [-0.15, -0.1) is 5.10 Å². The Balaban J connectivity index is 2.03. The van der Waals surface area contributed by atoms with Gasteiger partial charge in [0.25, 0.3) is 5.91 Å². The average Bonchev–Trinajstić information content (AvgIpc) is 2.94. The number of benzene rings is 1. The molecule has 1 aromatic carbocycles. The number of nitrogens with one attached hydrogen (secondary N) is 1. The maximum absolute atomic E-state index is 13.0. The number of nitrogens with zero attached hydrogens (tertiary/aromatic N) is 4. The third kappa shape index (κ3) is 2.89. The smallest absolute Gasteiger partial charge is 0.277 e. The fraction of sp³-hybridized carbons (Fsp3) is 0.412. The van der Waals surface area contributed by atoms with Crippen molar-refractivity contribution in [2.75, 3.05) is 5.32 Å². The highest BCUT2D eigenvalue weighted by Gasteiger charge is 2.37. The molecule has 1 aliphatic rings. The van der Waals surface area contributed by atoms with E-state index in [-0.39, 0.29) is 23.4 Å². The van der Waals surface area contributed by atoms with Gasteiger partial charge < -0.3 is 10.2 Å². The number of aryl methyl sites for hydroxylation is 1. The minimum atomic E-state index is -0.545. The molecule has 2 unspecified atom stereocenters. The summed E-state index contributed by atoms with van der Waals surface area (Å²) in [6, 6.07) is 7.01. The summed E-state index contributed by atoms with van der Waals surface area (Å²) in [6.45, 7) is 4.36. The number of para-hydroxylation sites is 1. The van der Waals surface area contributed by atoms with E-state index in [2.05, 4.69) is 15.5 Å². The summed E-state index contributed by atoms with van der Waals surface area (Å²) in [7, 11) is 1.66. The van der Waals surface area contributed by atoms with Crippen LogP contribution in [0.4, 0.5) is 5.69 Å². The van der Waals surface area contributed by atoms with Crippen molar-refractivity contribution in [1.29, 1.82) is 0 Å². The number of hydrogen-bond acceptors (Lipinski definition) is 4. The van der Waals surface area contributed by atoms with Gasteiger partial charge in [0.15, 0.2) is 5.69 Å². The molecule has 1 aliphatic heterocycles. The van der Waals surface area contributed by atoms with Crippen molar-refractivity contribution in [1.82, 2.24) is 19.9 Å². The fourth-order valence-corrected chi connectivity index (χ4v) is 2.99. The Morgan fingerprint density at radius 3 is 2.83 bits per heavy atom. The zero-order chi connectivity index (χ0) is 17.3. The quantitative estimate of drug-likeness (QED) is 0.932. The second-order valence-electron chi connectivity index (χ2n) is 6.13. The summed E-state index contributed by atoms with van der Waals surface area (Å²) in [5.41, 5.74) is 1.91. The van der Waals surface area contributed by atoms with E-state index in [0.717, 1.165) is 17.7 Å². The van der Waals surface area contributed by atoms with Crippen molar-refractivity contribution in [3.05, 3.63) is 41.7 Å². The van der Waals surface area contributed by atoms with E-state index in [0.29, 0.717) is 6.54 Å². The van der Waals surface area contributed by atoms with Gasteiger partial charge in [-0.25, -0.2) is 0 Å². The van der Waals surface area contributed by atoms with Gasteiger partial charge in [0, 0.05) is 19.3 Å². The molecular formula is C17H21N5O2. The molecule has 2 heterocycles. The third-order valence-corrected chi connectivity index (χ3v) is 4.48. The molecule has 0 radical (unpaired) electrons. The van der Waals surface area contributed by atoms with Crippen LogP contribution in [0.15, 0.2) is 30.5 Å². The van der Waals surface area contributed by atoms with Crippen LogP contribution in [0.5, 0.6) is 0 Å². The predicted octanol–water partition coefficient (Wildman–Crippen LogP) is 1.82. The highest BCUT2D eigenvalue weighted by Crippen LogP contribution is 2.28. The summed E-state index contributed by atoms with van der Waals surface area (Å²) in [4.78, 5) is 28.7. The lowest BCUT2D eigenvalue weighted by atomic mass is 9.96. The Morgan fingerprint density at radius 2 is 2.17 bits per heavy atom. The predicted molar refractivity (Wildman–Crippen MR) is 89.2 cm³/mol. The lowest BCUT2D eigenvalue weighted by Crippen LogP contribution is -2.49. The molecule has 7 nitrogen and oxygen atoms in total. The average molecular weight is 327 g/mol. The van der Waals surface area contributed by atoms with Crippen LogP contribution in [0.3, 0.4) is 0 Å². The van der Waals surface area contributed by atoms with Crippen LogP contribution < -0.4 is 5.32 Å². The molecule has 1 aromatic heterocycles. The van der Waals surface area contributed by atoms with Gasteiger partial charge in [-0.2, -0.15) is 9.90 Å². The third-order valence-electron chi connectivity index (χ3n) is 4.48. The first-order valence-electron chi connectivity index (χ1n) is 8.07. The van der Waals surface area contributed by atoms with E-state index in [4.69, 9.17) is 0 Å². The lowest BCUT2D eigenvalue weighted by Gasteiger charge is -2.31. The highest BCUT2D eigenvalue weighted by molar-refractivity contribution is 6.01. The van der Waals surface area contributed by atoms with Crippen LogP contribution in [0.2, 0.25) is 0 Å². The molecule has 0 fully saturated rings. The van der Waals surface area contributed by atoms with E-state index in [1.807, 2.05) is 38.1 Å². The number of carbonyl (C=O) groups is 2. The summed E-state index contributed by atoms with van der Waals surface area (Å²) in [6.07, 6.45) is 2.23. The van der Waals surface area contributed by atoms with Gasteiger partial charge in [-0.05, 0) is 17.5 Å². The highest BCUT2D eigenvalue weighted by atomic mass is 16.2. The molecule has 24 heavy (non-hydrogen) atoms. The van der Waals surface area contributed by atoms with Crippen LogP contribution in [-0.4, -0.2) is 37.7 Å². The van der Waals surface area contributed by atoms with Crippen molar-refractivity contribution in [2.45, 2.75) is 32.9 Å². The standard InChI is InChI=1S/C17H21N5O2/c1-4-11(2)15-16(23)19-13-8-6-5-7-12(13)10-22(15)17(24)14-9-18-21(3)20-14/h5-9,11,15H,4,10H2,1-3H3,(H,19,23). The van der Waals surface area contributed by atoms with Crippen LogP contribution in [0, 0.1) is 5.92 Å². The number of fused-ring (bicyclic) bond motifs is 1. The largest absolute Gasteiger partial charge is 0.324 e. The maximum Gasteiger partial charge on any atom is 0.277 e. The minimum absolute atomic E-state index is 0.0277. The van der Waals surface area contributed by atoms with Crippen molar-refractivity contribution < 1.29 is 9.59 Å². The second kappa shape index (κ2) is 6.43. The van der Waals surface area contributed by atoms with Crippen molar-refractivity contribution in [2.24, 2.45) is 13.0 Å². The van der Waals surface area contributed by atoms with E-state index < -0.39 is 6.04 Å². The monoisotopic (exact) mass is 327 g/mol. The number of carbonyl (C=O) groups excluding carboxylic acids is 2. The van der Waals surface area contributed by atoms with Gasteiger partial charge in [0.05, 0.1) is 6.20 Å². The molecule has 2 amide bonds. The molecule has 0 saturated carbocycles. The number of anilines is 1. The van der Waals surface area contributed by atoms with Crippen molar-refractivity contribution in [3.63, 3.8) is 0 Å². The summed E-state index contributed by atoms with van der Waals surface area (Å²) in [5.74, 6) is -0.410. The normalized spacial score (nSPS) is 18.5. The molecular weight excluding hydrogens is 306 g/mol. The maximum atomic E-state index is 13.0. The molecule has 7 heteroatoms. The molecule has 0 aliphatic carbocycles. The van der Waals surface area contributed by atoms with Gasteiger partial charge in [-0.1, -0.05) is 38.5 Å². The van der Waals surface area contributed by atoms with Gasteiger partial charge in [0.1, 0.15) is 6.04 Å². The van der Waals surface area contributed by atoms with Gasteiger partial charge >= 0.3 is 0 Å². The van der Waals surface area contributed by atoms with Gasteiger partial charge in [0.2, 0.25) is 5.91 Å². The summed E-state index contributed by atoms with van der Waals surface area (Å²) < 4.78 is 0. The first-order valence-corrected chi connectivity index (χ1v) is 8.07. The van der Waals surface area contributed by atoms with Gasteiger partial charge in [-0.3, -0.25) is 9.59 Å². The lowest BCUT2D eigenvalue weighted by molar-refractivity contribution is -0.122. The Labute approximate surface area is 140 Å². The number of rotatable bonds is 3. The summed E-state index contributed by atoms with van der Waals surface area (Å²) >= 11 is 0. The Kier molecular flexibility index (Phi) is 4.33. The molecule has 3 rings (SSSR count).